The molecule has 0 aromatic carbocycles. The van der Waals surface area contributed by atoms with Crippen molar-refractivity contribution in [3.05, 3.63) is 23.0 Å². The first-order valence-corrected chi connectivity index (χ1v) is 26.3. The fourth-order valence-electron chi connectivity index (χ4n) is 14.3. The monoisotopic (exact) mass is 1040 g/mol. The van der Waals surface area contributed by atoms with Gasteiger partial charge in [-0.05, 0) is 93.0 Å². The summed E-state index contributed by atoms with van der Waals surface area (Å²) < 4.78 is 54.2. The van der Waals surface area contributed by atoms with E-state index in [9.17, 15) is 66.1 Å². The van der Waals surface area contributed by atoms with Crippen molar-refractivity contribution in [1.29, 1.82) is 0 Å². The molecule has 0 bridgehead atoms. The highest BCUT2D eigenvalue weighted by molar-refractivity contribution is 5.86. The molecule has 9 aliphatic rings. The van der Waals surface area contributed by atoms with Crippen LogP contribution in [0.25, 0.3) is 0 Å². The predicted octanol–water partition coefficient (Wildman–Crippen LogP) is -1.85. The summed E-state index contributed by atoms with van der Waals surface area (Å²) in [6, 6.07) is 0. The van der Waals surface area contributed by atoms with Gasteiger partial charge in [-0.2, -0.15) is 0 Å². The largest absolute Gasteiger partial charge is 0.494 e. The number of aliphatic hydroxyl groups is 12. The molecular formula is C51H80O22. The molecule has 7 fully saturated rings. The summed E-state index contributed by atoms with van der Waals surface area (Å²) in [5.41, 5.74) is 1.84. The van der Waals surface area contributed by atoms with Crippen LogP contribution in [0.2, 0.25) is 0 Å². The molecule has 0 spiro atoms. The number of hydrogen-bond donors (Lipinski definition) is 12. The van der Waals surface area contributed by atoms with Gasteiger partial charge in [-0.1, -0.05) is 32.4 Å². The molecule has 416 valence electrons. The number of hydrogen-bond acceptors (Lipinski definition) is 22. The molecule has 0 radical (unpaired) electrons. The van der Waals surface area contributed by atoms with Gasteiger partial charge in [-0.3, -0.25) is 4.79 Å². The van der Waals surface area contributed by atoms with Gasteiger partial charge in [-0.15, -0.1) is 0 Å². The van der Waals surface area contributed by atoms with E-state index >= 15 is 0 Å². The quantitative estimate of drug-likeness (QED) is 0.0850. The predicted molar refractivity (Wildman–Crippen MR) is 248 cm³/mol. The normalized spacial score (nSPS) is 52.4. The van der Waals surface area contributed by atoms with Crippen molar-refractivity contribution < 1.29 is 109 Å². The van der Waals surface area contributed by atoms with Gasteiger partial charge in [0.2, 0.25) is 0 Å². The lowest BCUT2D eigenvalue weighted by atomic mass is 9.47. The van der Waals surface area contributed by atoms with E-state index in [1.54, 1.807) is 0 Å². The Balaban J connectivity index is 0.865. The second kappa shape index (κ2) is 21.8. The van der Waals surface area contributed by atoms with E-state index < -0.39 is 148 Å². The molecule has 0 aromatic rings. The van der Waals surface area contributed by atoms with Crippen LogP contribution >= 0.6 is 0 Å². The van der Waals surface area contributed by atoms with Gasteiger partial charge in [0.25, 0.3) is 0 Å². The first-order chi connectivity index (χ1) is 34.5. The van der Waals surface area contributed by atoms with E-state index in [2.05, 4.69) is 26.8 Å². The van der Waals surface area contributed by atoms with Crippen molar-refractivity contribution in [3.8, 4) is 0 Å². The molecule has 9 rings (SSSR count). The third-order valence-electron chi connectivity index (χ3n) is 18.7. The van der Waals surface area contributed by atoms with Gasteiger partial charge in [-0.25, -0.2) is 0 Å². The number of ketones is 1. The third-order valence-corrected chi connectivity index (χ3v) is 18.7. The van der Waals surface area contributed by atoms with Crippen LogP contribution in [-0.2, 0) is 47.4 Å². The van der Waals surface area contributed by atoms with Crippen LogP contribution in [-0.4, -0.2) is 222 Å². The maximum Gasteiger partial charge on any atom is 0.187 e. The first-order valence-electron chi connectivity index (χ1n) is 26.3. The van der Waals surface area contributed by atoms with Crippen LogP contribution in [0, 0.1) is 40.4 Å². The van der Waals surface area contributed by atoms with Crippen molar-refractivity contribution in [2.24, 2.45) is 40.4 Å². The molecule has 4 saturated heterocycles. The number of carbonyl (C=O) groups excluding carboxylic acids is 1. The summed E-state index contributed by atoms with van der Waals surface area (Å²) in [6.45, 7) is 10.6. The van der Waals surface area contributed by atoms with Crippen molar-refractivity contribution in [3.63, 3.8) is 0 Å². The fourth-order valence-corrected chi connectivity index (χ4v) is 14.3. The number of carbonyl (C=O) groups is 1. The smallest absolute Gasteiger partial charge is 0.187 e. The molecule has 3 saturated carbocycles. The standard InChI is InChI=1S/C51H80O22/c1-19(18-65-46-40(61)39(60)36(57)31(16-52)70-46)7-10-28-20(2)33-30(68-28)14-26-24-9-8-23-13-29(27(54)15-51(23,6)25(24)11-12-50(26,33)5)69-49-45(73-48-42(63)38(59)35(56)22(4)67-48)43(64)44(32(17-53)71-49)72-47-41(62)37(58)34(55)21(3)66-47/h8,19,21-22,24-26,29-49,52-53,55-64H,7,9-18H2,1-6H3/t19-,21-,22-,24+,25-,26-,29+,30-,31+,32+,33-,34-,35-,36+,37+,38+,39-,40+,41+,42+,43-,44+,45+,46+,47-,48-,49?,50-,51-/m0/s1. The lowest BCUT2D eigenvalue weighted by molar-refractivity contribution is -0.387. The molecule has 5 aliphatic heterocycles. The van der Waals surface area contributed by atoms with Gasteiger partial charge < -0.3 is 104 Å². The molecule has 4 aliphatic carbocycles. The van der Waals surface area contributed by atoms with Crippen LogP contribution in [0.3, 0.4) is 0 Å². The third kappa shape index (κ3) is 10.0. The van der Waals surface area contributed by atoms with E-state index in [1.165, 1.54) is 19.4 Å². The Bertz CT molecular complexity index is 2010. The Morgan fingerprint density at radius 3 is 1.92 bits per heavy atom. The van der Waals surface area contributed by atoms with E-state index in [0.717, 1.165) is 43.4 Å². The maximum absolute atomic E-state index is 14.5. The van der Waals surface area contributed by atoms with Crippen LogP contribution < -0.4 is 0 Å². The lowest BCUT2D eigenvalue weighted by Gasteiger charge is -2.57. The minimum Gasteiger partial charge on any atom is -0.494 e. The van der Waals surface area contributed by atoms with Crippen molar-refractivity contribution in [1.82, 2.24) is 0 Å². The SMILES string of the molecule is CC1=C(CC[C@H](C)CO[C@@H]2O[C@H](CO)[C@@H](O)[C@H](O)[C@H]2O)O[C@H]2C[C@H]3[C@@H]4CC=C5C[C@@H](OC6O[C@H](CO)[C@@H](O[C@@H]7O[C@@H](C)[C@H](O)[C@@H](O)[C@H]7O)[C@H](O)[C@H]6O[C@@H]6O[C@@H](C)[C@H](O)[C@@H](O)[C@H]6O)C(=O)C[C@]5(C)[C@H]4CC[C@]3(C)[C@@H]12. The van der Waals surface area contributed by atoms with Gasteiger partial charge in [0.15, 0.2) is 30.9 Å². The highest BCUT2D eigenvalue weighted by Gasteiger charge is 2.65. The lowest BCUT2D eigenvalue weighted by Crippen LogP contribution is -2.66. The van der Waals surface area contributed by atoms with Crippen molar-refractivity contribution >= 4 is 5.78 Å². The second-order valence-corrected chi connectivity index (χ2v) is 23.2. The van der Waals surface area contributed by atoms with E-state index in [-0.39, 0.29) is 54.5 Å². The molecule has 12 N–H and O–H groups in total. The molecule has 0 amide bonds. The Labute approximate surface area is 424 Å². The summed E-state index contributed by atoms with van der Waals surface area (Å²) in [7, 11) is 0. The zero-order valence-electron chi connectivity index (χ0n) is 42.4. The fraction of sp³-hybridized carbons (Fsp3) is 0.902. The van der Waals surface area contributed by atoms with Crippen LogP contribution in [0.5, 0.6) is 0 Å². The van der Waals surface area contributed by atoms with Crippen LogP contribution in [0.15, 0.2) is 23.0 Å². The molecule has 22 heteroatoms. The zero-order chi connectivity index (χ0) is 52.7. The summed E-state index contributed by atoms with van der Waals surface area (Å²) >= 11 is 0. The van der Waals surface area contributed by atoms with Gasteiger partial charge in [0.1, 0.15) is 97.7 Å². The molecule has 1 unspecified atom stereocenters. The van der Waals surface area contributed by atoms with Gasteiger partial charge in [0, 0.05) is 25.2 Å². The minimum absolute atomic E-state index is 0.0252. The summed E-state index contributed by atoms with van der Waals surface area (Å²) in [6.07, 6.45) is -23.3. The average molecular weight is 1050 g/mol. The molecule has 0 aromatic heterocycles. The highest BCUT2D eigenvalue weighted by Crippen LogP contribution is 2.69. The Morgan fingerprint density at radius 1 is 0.699 bits per heavy atom. The van der Waals surface area contributed by atoms with Gasteiger partial charge >= 0.3 is 0 Å². The van der Waals surface area contributed by atoms with Gasteiger partial charge in [0.05, 0.1) is 37.8 Å². The number of ether oxygens (including phenoxy) is 9. The summed E-state index contributed by atoms with van der Waals surface area (Å²) in [5.74, 6) is 1.93. The molecule has 5 heterocycles. The number of rotatable bonds is 14. The molecule has 22 nitrogen and oxygen atoms in total. The molecular weight excluding hydrogens is 965 g/mol. The summed E-state index contributed by atoms with van der Waals surface area (Å²) in [5, 5.41) is 126. The van der Waals surface area contributed by atoms with E-state index in [0.29, 0.717) is 18.3 Å². The summed E-state index contributed by atoms with van der Waals surface area (Å²) in [4.78, 5) is 14.5. The molecule has 29 atom stereocenters. The van der Waals surface area contributed by atoms with E-state index in [4.69, 9.17) is 42.6 Å². The van der Waals surface area contributed by atoms with E-state index in [1.807, 2.05) is 6.92 Å². The minimum atomic E-state index is -1.81. The second-order valence-electron chi connectivity index (χ2n) is 23.2. The number of Topliss-reactive ketones (excluding diaryl/α,β-unsaturated/α-hetero) is 1. The number of fused-ring (bicyclic) bond motifs is 7. The first kappa shape index (κ1) is 55.9. The average Bonchev–Trinajstić information content (AvgIpc) is 3.85. The Kier molecular flexibility index (Phi) is 16.7. The van der Waals surface area contributed by atoms with Crippen LogP contribution in [0.4, 0.5) is 0 Å². The Hall–Kier alpha value is -1.85. The van der Waals surface area contributed by atoms with Crippen molar-refractivity contribution in [2.75, 3.05) is 19.8 Å². The van der Waals surface area contributed by atoms with Crippen molar-refractivity contribution in [2.45, 2.75) is 228 Å². The molecule has 73 heavy (non-hydrogen) atoms. The zero-order valence-corrected chi connectivity index (χ0v) is 42.4. The number of aliphatic hydroxyl groups excluding tert-OH is 12. The maximum atomic E-state index is 14.5. The van der Waals surface area contributed by atoms with Crippen LogP contribution in [0.1, 0.15) is 92.9 Å². The topological polar surface area (TPSA) is 343 Å². The highest BCUT2D eigenvalue weighted by atomic mass is 16.8. The Morgan fingerprint density at radius 2 is 1.29 bits per heavy atom. The number of allylic oxidation sites excluding steroid dienone is 2.